The van der Waals surface area contributed by atoms with Crippen LogP contribution in [-0.2, 0) is 0 Å². The summed E-state index contributed by atoms with van der Waals surface area (Å²) in [4.78, 5) is 23.8. The molecular weight excluding hydrogens is 354 g/mol. The quantitative estimate of drug-likeness (QED) is 0.798. The average molecular weight is 386 g/mol. The minimum atomic E-state index is -0.555. The molecule has 1 aliphatic heterocycles. The fourth-order valence-electron chi connectivity index (χ4n) is 4.49. The number of hydrogen-bond acceptors (Lipinski definition) is 5. The molecule has 1 aliphatic carbocycles. The lowest BCUT2D eigenvalue weighted by atomic mass is 10.2. The van der Waals surface area contributed by atoms with Crippen LogP contribution >= 0.6 is 0 Å². The molecule has 0 bridgehead atoms. The number of rotatable bonds is 6. The maximum atomic E-state index is 12.5. The topological polar surface area (TPSA) is 83.3 Å². The second kappa shape index (κ2) is 9.01. The second-order valence-corrected chi connectivity index (χ2v) is 8.24. The molecular formula is C21H31N5O2. The number of imidazole rings is 1. The van der Waals surface area contributed by atoms with Gasteiger partial charge in [-0.2, -0.15) is 0 Å². The van der Waals surface area contributed by atoms with Crippen molar-refractivity contribution in [2.75, 3.05) is 26.2 Å². The molecule has 1 saturated heterocycles. The van der Waals surface area contributed by atoms with Gasteiger partial charge in [0.2, 0.25) is 0 Å². The number of carbonyl (C=O) groups excluding carboxylic acids is 1. The van der Waals surface area contributed by atoms with E-state index in [1.54, 1.807) is 12.3 Å². The molecule has 3 heterocycles. The zero-order valence-corrected chi connectivity index (χ0v) is 16.5. The first kappa shape index (κ1) is 19.3. The van der Waals surface area contributed by atoms with Crippen LogP contribution in [0.4, 0.5) is 0 Å². The van der Waals surface area contributed by atoms with Gasteiger partial charge in [0.1, 0.15) is 5.52 Å². The zero-order valence-electron chi connectivity index (χ0n) is 16.5. The molecule has 2 aliphatic rings. The van der Waals surface area contributed by atoms with E-state index in [1.165, 1.54) is 51.4 Å². The first-order valence-corrected chi connectivity index (χ1v) is 10.7. The third-order valence-electron chi connectivity index (χ3n) is 6.06. The number of nitrogens with one attached hydrogen (secondary N) is 1. The van der Waals surface area contributed by atoms with Crippen LogP contribution in [0.3, 0.4) is 0 Å². The highest BCUT2D eigenvalue weighted by atomic mass is 16.3. The van der Waals surface area contributed by atoms with E-state index >= 15 is 0 Å². The fraction of sp³-hybridized carbons (Fsp3) is 0.667. The van der Waals surface area contributed by atoms with Crippen LogP contribution in [-0.4, -0.2) is 62.7 Å². The highest BCUT2D eigenvalue weighted by Gasteiger charge is 2.20. The standard InChI is InChI=1S/C21H31N5O2/c27-18(14-25-9-5-1-2-6-10-25)13-23-21(28)16-11-19-20(22-12-16)26(15-24-19)17-7-3-4-8-17/h11-12,15,17-18,27H,1-10,13-14H2,(H,23,28). The average Bonchev–Trinajstić information content (AvgIpc) is 3.30. The summed E-state index contributed by atoms with van der Waals surface area (Å²) in [6, 6.07) is 2.27. The minimum Gasteiger partial charge on any atom is -0.390 e. The molecule has 2 N–H and O–H groups in total. The Morgan fingerprint density at radius 1 is 1.14 bits per heavy atom. The molecule has 1 amide bonds. The first-order valence-electron chi connectivity index (χ1n) is 10.7. The van der Waals surface area contributed by atoms with Crippen LogP contribution in [0, 0.1) is 0 Å². The number of fused-ring (bicyclic) bond motifs is 1. The number of aliphatic hydroxyl groups excluding tert-OH is 1. The van der Waals surface area contributed by atoms with Crippen LogP contribution in [0.1, 0.15) is 67.8 Å². The Labute approximate surface area is 166 Å². The largest absolute Gasteiger partial charge is 0.390 e. The van der Waals surface area contributed by atoms with Crippen LogP contribution < -0.4 is 5.32 Å². The van der Waals surface area contributed by atoms with Gasteiger partial charge < -0.3 is 19.9 Å². The molecule has 4 rings (SSSR count). The van der Waals surface area contributed by atoms with Gasteiger partial charge in [0.15, 0.2) is 5.65 Å². The van der Waals surface area contributed by atoms with Crippen molar-refractivity contribution < 1.29 is 9.90 Å². The van der Waals surface area contributed by atoms with E-state index < -0.39 is 6.10 Å². The Hall–Kier alpha value is -1.99. The van der Waals surface area contributed by atoms with Gasteiger partial charge in [-0.15, -0.1) is 0 Å². The van der Waals surface area contributed by atoms with Gasteiger partial charge in [-0.1, -0.05) is 25.7 Å². The molecule has 1 unspecified atom stereocenters. The Morgan fingerprint density at radius 2 is 1.89 bits per heavy atom. The van der Waals surface area contributed by atoms with Crippen LogP contribution in [0.25, 0.3) is 11.2 Å². The molecule has 2 aromatic rings. The number of carbonyl (C=O) groups is 1. The number of amides is 1. The van der Waals surface area contributed by atoms with E-state index in [0.29, 0.717) is 18.2 Å². The van der Waals surface area contributed by atoms with Gasteiger partial charge in [-0.25, -0.2) is 9.97 Å². The Balaban J connectivity index is 1.33. The molecule has 7 heteroatoms. The van der Waals surface area contributed by atoms with Crippen molar-refractivity contribution in [2.45, 2.75) is 63.5 Å². The SMILES string of the molecule is O=C(NCC(O)CN1CCCCCC1)c1cnc2c(c1)ncn2C1CCCC1. The number of aromatic nitrogens is 3. The monoisotopic (exact) mass is 385 g/mol. The number of likely N-dealkylation sites (tertiary alicyclic amines) is 1. The normalized spacial score (nSPS) is 20.3. The molecule has 2 fully saturated rings. The summed E-state index contributed by atoms with van der Waals surface area (Å²) in [6.45, 7) is 2.94. The predicted octanol–water partition coefficient (Wildman–Crippen LogP) is 2.51. The molecule has 1 atom stereocenters. The molecule has 0 aromatic carbocycles. The predicted molar refractivity (Wildman–Crippen MR) is 108 cm³/mol. The lowest BCUT2D eigenvalue weighted by Gasteiger charge is -2.23. The highest BCUT2D eigenvalue weighted by Crippen LogP contribution is 2.31. The summed E-state index contributed by atoms with van der Waals surface area (Å²) >= 11 is 0. The van der Waals surface area contributed by atoms with Crippen LogP contribution in [0.2, 0.25) is 0 Å². The maximum Gasteiger partial charge on any atom is 0.253 e. The van der Waals surface area contributed by atoms with E-state index in [9.17, 15) is 9.90 Å². The third-order valence-corrected chi connectivity index (χ3v) is 6.06. The molecule has 1 saturated carbocycles. The van der Waals surface area contributed by atoms with Gasteiger partial charge in [-0.3, -0.25) is 4.79 Å². The maximum absolute atomic E-state index is 12.5. The van der Waals surface area contributed by atoms with Crippen LogP contribution in [0.15, 0.2) is 18.6 Å². The van der Waals surface area contributed by atoms with E-state index in [-0.39, 0.29) is 12.5 Å². The molecule has 152 valence electrons. The Bertz CT molecular complexity index is 791. The zero-order chi connectivity index (χ0) is 19.3. The fourth-order valence-corrected chi connectivity index (χ4v) is 4.49. The van der Waals surface area contributed by atoms with Crippen molar-refractivity contribution in [1.29, 1.82) is 0 Å². The number of hydrogen-bond donors (Lipinski definition) is 2. The van der Waals surface area contributed by atoms with Gasteiger partial charge >= 0.3 is 0 Å². The third kappa shape index (κ3) is 4.52. The summed E-state index contributed by atoms with van der Waals surface area (Å²) in [5.41, 5.74) is 2.10. The number of aliphatic hydroxyl groups is 1. The summed E-state index contributed by atoms with van der Waals surface area (Å²) in [5, 5.41) is 13.1. The van der Waals surface area contributed by atoms with Gasteiger partial charge in [0.05, 0.1) is 18.0 Å². The number of nitrogens with zero attached hydrogens (tertiary/aromatic N) is 4. The Morgan fingerprint density at radius 3 is 2.64 bits per heavy atom. The first-order chi connectivity index (χ1) is 13.7. The van der Waals surface area contributed by atoms with Crippen molar-refractivity contribution in [1.82, 2.24) is 24.8 Å². The van der Waals surface area contributed by atoms with Crippen molar-refractivity contribution in [3.05, 3.63) is 24.2 Å². The molecule has 2 aromatic heterocycles. The Kier molecular flexibility index (Phi) is 6.22. The van der Waals surface area contributed by atoms with Gasteiger partial charge in [0, 0.05) is 25.3 Å². The van der Waals surface area contributed by atoms with Crippen molar-refractivity contribution in [3.8, 4) is 0 Å². The van der Waals surface area contributed by atoms with Crippen LogP contribution in [0.5, 0.6) is 0 Å². The number of β-amino-alcohol motifs (C(OH)–C–C–N with tert-alkyl or cyclic N) is 1. The van der Waals surface area contributed by atoms with E-state index in [4.69, 9.17) is 0 Å². The van der Waals surface area contributed by atoms with E-state index in [2.05, 4.69) is 24.8 Å². The number of pyridine rings is 1. The van der Waals surface area contributed by atoms with Crippen molar-refractivity contribution in [2.24, 2.45) is 0 Å². The molecule has 0 radical (unpaired) electrons. The smallest absolute Gasteiger partial charge is 0.253 e. The summed E-state index contributed by atoms with van der Waals surface area (Å²) in [7, 11) is 0. The van der Waals surface area contributed by atoms with Crippen molar-refractivity contribution in [3.63, 3.8) is 0 Å². The highest BCUT2D eigenvalue weighted by molar-refractivity contribution is 5.96. The second-order valence-electron chi connectivity index (χ2n) is 8.24. The molecule has 28 heavy (non-hydrogen) atoms. The lowest BCUT2D eigenvalue weighted by Crippen LogP contribution is -2.40. The summed E-state index contributed by atoms with van der Waals surface area (Å²) in [6.07, 6.45) is 12.7. The minimum absolute atomic E-state index is 0.209. The van der Waals surface area contributed by atoms with E-state index in [0.717, 1.165) is 24.3 Å². The van der Waals surface area contributed by atoms with Gasteiger partial charge in [0.25, 0.3) is 5.91 Å². The molecule has 0 spiro atoms. The lowest BCUT2D eigenvalue weighted by molar-refractivity contribution is 0.0862. The van der Waals surface area contributed by atoms with E-state index in [1.807, 2.05) is 6.33 Å². The molecule has 7 nitrogen and oxygen atoms in total. The summed E-state index contributed by atoms with van der Waals surface area (Å²) in [5.74, 6) is -0.209. The van der Waals surface area contributed by atoms with Crippen molar-refractivity contribution >= 4 is 17.1 Å². The summed E-state index contributed by atoms with van der Waals surface area (Å²) < 4.78 is 2.15. The van der Waals surface area contributed by atoms with Gasteiger partial charge in [-0.05, 0) is 44.8 Å².